The summed E-state index contributed by atoms with van der Waals surface area (Å²) >= 11 is 0. The van der Waals surface area contributed by atoms with Gasteiger partial charge >= 0.3 is 6.18 Å². The maximum atomic E-state index is 11.7. The van der Waals surface area contributed by atoms with Crippen molar-refractivity contribution >= 4 is 5.91 Å². The molecule has 1 N–H and O–H groups in total. The van der Waals surface area contributed by atoms with E-state index in [4.69, 9.17) is 0 Å². The predicted octanol–water partition coefficient (Wildman–Crippen LogP) is 0.369. The normalized spacial score (nSPS) is 24.2. The van der Waals surface area contributed by atoms with Gasteiger partial charge in [0.15, 0.2) is 0 Å². The van der Waals surface area contributed by atoms with Crippen LogP contribution in [0.4, 0.5) is 13.2 Å². The van der Waals surface area contributed by atoms with Crippen molar-refractivity contribution in [3.8, 4) is 0 Å². The predicted molar refractivity (Wildman–Crippen MR) is 40.1 cm³/mol. The fourth-order valence-corrected chi connectivity index (χ4v) is 1.26. The van der Waals surface area contributed by atoms with Gasteiger partial charge in [-0.25, -0.2) is 0 Å². The summed E-state index contributed by atoms with van der Waals surface area (Å²) < 4.78 is 35.2. The van der Waals surface area contributed by atoms with Crippen LogP contribution in [0, 0.1) is 0 Å². The van der Waals surface area contributed by atoms with Gasteiger partial charge < -0.3 is 10.2 Å². The third kappa shape index (κ3) is 3.22. The number of likely N-dealkylation sites (tertiary alicyclic amines) is 1. The van der Waals surface area contributed by atoms with Crippen LogP contribution in [-0.4, -0.2) is 43.2 Å². The van der Waals surface area contributed by atoms with E-state index in [1.807, 2.05) is 0 Å². The summed E-state index contributed by atoms with van der Waals surface area (Å²) in [5, 5.41) is 2.29. The van der Waals surface area contributed by atoms with E-state index in [-0.39, 0.29) is 18.4 Å². The summed E-state index contributed by atoms with van der Waals surface area (Å²) in [6.45, 7) is -0.673. The Hall–Kier alpha value is -0.780. The first-order valence-electron chi connectivity index (χ1n) is 3.92. The SMILES string of the molecule is CN1CC(NCC(F)(F)F)CC1=O. The van der Waals surface area contributed by atoms with Crippen molar-refractivity contribution in [3.63, 3.8) is 0 Å². The standard InChI is InChI=1S/C7H11F3N2O/c1-12-3-5(2-6(12)13)11-4-7(8,9)10/h5,11H,2-4H2,1H3. The molecule has 1 fully saturated rings. The number of halogens is 3. The van der Waals surface area contributed by atoms with Crippen molar-refractivity contribution in [1.29, 1.82) is 0 Å². The average molecular weight is 196 g/mol. The summed E-state index contributed by atoms with van der Waals surface area (Å²) in [6.07, 6.45) is -4.04. The third-order valence-electron chi connectivity index (χ3n) is 1.93. The van der Waals surface area contributed by atoms with Gasteiger partial charge in [0, 0.05) is 26.1 Å². The quantitative estimate of drug-likeness (QED) is 0.692. The highest BCUT2D eigenvalue weighted by atomic mass is 19.4. The van der Waals surface area contributed by atoms with Crippen LogP contribution in [0.3, 0.4) is 0 Å². The van der Waals surface area contributed by atoms with Crippen LogP contribution in [0.5, 0.6) is 0 Å². The van der Waals surface area contributed by atoms with E-state index in [2.05, 4.69) is 5.32 Å². The van der Waals surface area contributed by atoms with Gasteiger partial charge in [0.25, 0.3) is 0 Å². The van der Waals surface area contributed by atoms with Crippen LogP contribution in [0.25, 0.3) is 0 Å². The molecule has 1 aliphatic rings. The number of amides is 1. The van der Waals surface area contributed by atoms with Crippen LogP contribution in [0.15, 0.2) is 0 Å². The molecular weight excluding hydrogens is 185 g/mol. The summed E-state index contributed by atoms with van der Waals surface area (Å²) in [7, 11) is 1.58. The monoisotopic (exact) mass is 196 g/mol. The van der Waals surface area contributed by atoms with Crippen molar-refractivity contribution in [2.45, 2.75) is 18.6 Å². The Bertz CT molecular complexity index is 204. The number of hydrogen-bond acceptors (Lipinski definition) is 2. The first-order valence-corrected chi connectivity index (χ1v) is 3.92. The molecule has 0 bridgehead atoms. The number of nitrogens with zero attached hydrogens (tertiary/aromatic N) is 1. The Morgan fingerprint density at radius 1 is 1.62 bits per heavy atom. The van der Waals surface area contributed by atoms with Crippen molar-refractivity contribution in [2.75, 3.05) is 20.1 Å². The number of likely N-dealkylation sites (N-methyl/N-ethyl adjacent to an activating group) is 1. The van der Waals surface area contributed by atoms with Crippen molar-refractivity contribution < 1.29 is 18.0 Å². The van der Waals surface area contributed by atoms with Crippen molar-refractivity contribution in [3.05, 3.63) is 0 Å². The van der Waals surface area contributed by atoms with Gasteiger partial charge in [-0.1, -0.05) is 0 Å². The molecule has 1 aliphatic heterocycles. The highest BCUT2D eigenvalue weighted by molar-refractivity contribution is 5.78. The molecule has 1 unspecified atom stereocenters. The molecule has 0 aromatic heterocycles. The van der Waals surface area contributed by atoms with Gasteiger partial charge in [0.1, 0.15) is 0 Å². The van der Waals surface area contributed by atoms with Gasteiger partial charge in [0.05, 0.1) is 6.54 Å². The number of nitrogens with one attached hydrogen (secondary N) is 1. The minimum absolute atomic E-state index is 0.111. The number of alkyl halides is 3. The van der Waals surface area contributed by atoms with Crippen LogP contribution in [0.1, 0.15) is 6.42 Å². The van der Waals surface area contributed by atoms with Gasteiger partial charge in [-0.15, -0.1) is 0 Å². The van der Waals surface area contributed by atoms with E-state index < -0.39 is 12.7 Å². The number of carbonyl (C=O) groups is 1. The molecule has 1 heterocycles. The highest BCUT2D eigenvalue weighted by Gasteiger charge is 2.32. The van der Waals surface area contributed by atoms with Crippen molar-refractivity contribution in [1.82, 2.24) is 10.2 Å². The zero-order chi connectivity index (χ0) is 10.1. The second-order valence-electron chi connectivity index (χ2n) is 3.17. The Morgan fingerprint density at radius 2 is 2.23 bits per heavy atom. The topological polar surface area (TPSA) is 32.3 Å². The molecule has 1 atom stereocenters. The smallest absolute Gasteiger partial charge is 0.344 e. The zero-order valence-corrected chi connectivity index (χ0v) is 7.19. The molecule has 0 aromatic rings. The maximum Gasteiger partial charge on any atom is 0.401 e. The summed E-state index contributed by atoms with van der Waals surface area (Å²) in [4.78, 5) is 12.3. The van der Waals surface area contributed by atoms with E-state index in [1.54, 1.807) is 7.05 Å². The molecule has 6 heteroatoms. The second kappa shape index (κ2) is 3.53. The molecule has 0 aliphatic carbocycles. The Balaban J connectivity index is 2.29. The molecule has 3 nitrogen and oxygen atoms in total. The summed E-state index contributed by atoms with van der Waals surface area (Å²) in [5.41, 5.74) is 0. The molecule has 13 heavy (non-hydrogen) atoms. The molecule has 0 aromatic carbocycles. The largest absolute Gasteiger partial charge is 0.401 e. The van der Waals surface area contributed by atoms with E-state index in [9.17, 15) is 18.0 Å². The molecule has 0 spiro atoms. The lowest BCUT2D eigenvalue weighted by Crippen LogP contribution is -2.38. The van der Waals surface area contributed by atoms with E-state index in [0.717, 1.165) is 0 Å². The molecule has 0 radical (unpaired) electrons. The Morgan fingerprint density at radius 3 is 2.62 bits per heavy atom. The molecule has 1 amide bonds. The van der Waals surface area contributed by atoms with Crippen LogP contribution in [0.2, 0.25) is 0 Å². The lowest BCUT2D eigenvalue weighted by Gasteiger charge is -2.13. The van der Waals surface area contributed by atoms with Gasteiger partial charge in [-0.05, 0) is 0 Å². The molecule has 0 saturated carbocycles. The van der Waals surface area contributed by atoms with E-state index >= 15 is 0 Å². The third-order valence-corrected chi connectivity index (χ3v) is 1.93. The summed E-state index contributed by atoms with van der Waals surface area (Å²) in [5.74, 6) is -0.111. The van der Waals surface area contributed by atoms with E-state index in [1.165, 1.54) is 4.90 Å². The zero-order valence-electron chi connectivity index (χ0n) is 7.19. The fourth-order valence-electron chi connectivity index (χ4n) is 1.26. The number of hydrogen-bond donors (Lipinski definition) is 1. The molecule has 1 rings (SSSR count). The molecule has 1 saturated heterocycles. The fraction of sp³-hybridized carbons (Fsp3) is 0.857. The summed E-state index contributed by atoms with van der Waals surface area (Å²) in [6, 6.07) is -0.362. The molecular formula is C7H11F3N2O. The number of carbonyl (C=O) groups excluding carboxylic acids is 1. The highest BCUT2D eigenvalue weighted by Crippen LogP contribution is 2.15. The Labute approximate surface area is 73.9 Å². The minimum Gasteiger partial charge on any atom is -0.344 e. The first-order chi connectivity index (χ1) is 5.88. The minimum atomic E-state index is -4.20. The van der Waals surface area contributed by atoms with Gasteiger partial charge in [-0.2, -0.15) is 13.2 Å². The maximum absolute atomic E-state index is 11.7. The first kappa shape index (κ1) is 10.3. The van der Waals surface area contributed by atoms with Crippen molar-refractivity contribution in [2.24, 2.45) is 0 Å². The van der Waals surface area contributed by atoms with Crippen LogP contribution >= 0.6 is 0 Å². The number of rotatable bonds is 2. The second-order valence-corrected chi connectivity index (χ2v) is 3.17. The lowest BCUT2D eigenvalue weighted by atomic mass is 10.2. The lowest BCUT2D eigenvalue weighted by molar-refractivity contribution is -0.128. The van der Waals surface area contributed by atoms with Crippen LogP contribution < -0.4 is 5.32 Å². The molecule has 76 valence electrons. The van der Waals surface area contributed by atoms with Gasteiger partial charge in [0.2, 0.25) is 5.91 Å². The average Bonchev–Trinajstić information content (AvgIpc) is 2.27. The van der Waals surface area contributed by atoms with Gasteiger partial charge in [-0.3, -0.25) is 4.79 Å². The van der Waals surface area contributed by atoms with Crippen LogP contribution in [-0.2, 0) is 4.79 Å². The van der Waals surface area contributed by atoms with E-state index in [0.29, 0.717) is 6.54 Å². The Kier molecular flexibility index (Phi) is 2.80.